The van der Waals surface area contributed by atoms with Crippen molar-refractivity contribution in [2.75, 3.05) is 6.61 Å². The van der Waals surface area contributed by atoms with Gasteiger partial charge in [-0.2, -0.15) is 0 Å². The largest absolute Gasteiger partial charge is 0.448 e. The summed E-state index contributed by atoms with van der Waals surface area (Å²) in [6, 6.07) is 0.0845. The molecule has 1 fully saturated rings. The topological polar surface area (TPSA) is 58.6 Å². The summed E-state index contributed by atoms with van der Waals surface area (Å²) in [4.78, 5) is 22.0. The zero-order chi connectivity index (χ0) is 10.6. The van der Waals surface area contributed by atoms with Gasteiger partial charge in [-0.05, 0) is 13.3 Å². The van der Waals surface area contributed by atoms with E-state index in [9.17, 15) is 9.59 Å². The Labute approximate surface area is 83.4 Å². The Morgan fingerprint density at radius 1 is 1.71 bits per heavy atom. The summed E-state index contributed by atoms with van der Waals surface area (Å²) >= 11 is 0. The summed E-state index contributed by atoms with van der Waals surface area (Å²) in [6.07, 6.45) is 1.77. The van der Waals surface area contributed by atoms with Gasteiger partial charge in [-0.15, -0.1) is 0 Å². The normalized spacial score (nSPS) is 20.3. The van der Waals surface area contributed by atoms with Crippen LogP contribution in [-0.4, -0.2) is 29.7 Å². The van der Waals surface area contributed by atoms with E-state index in [2.05, 4.69) is 5.43 Å². The number of nitrogens with zero attached hydrogens (tertiary/aromatic N) is 1. The molecule has 0 spiro atoms. The molecule has 14 heavy (non-hydrogen) atoms. The lowest BCUT2D eigenvalue weighted by Gasteiger charge is -2.37. The first-order valence-electron chi connectivity index (χ1n) is 4.90. The van der Waals surface area contributed by atoms with E-state index >= 15 is 0 Å². The molecule has 1 saturated heterocycles. The standard InChI is InChI=1S/C9H16N2O3/c1-3-4-5-14-9(13)10-11-7(2)6-8(11)12/h7H,3-6H2,1-2H3,(H,10,13). The van der Waals surface area contributed by atoms with Crippen LogP contribution < -0.4 is 5.43 Å². The molecule has 5 heteroatoms. The maximum Gasteiger partial charge on any atom is 0.426 e. The first-order chi connectivity index (χ1) is 6.65. The van der Waals surface area contributed by atoms with E-state index in [4.69, 9.17) is 4.74 Å². The smallest absolute Gasteiger partial charge is 0.426 e. The molecule has 80 valence electrons. The predicted octanol–water partition coefficient (Wildman–Crippen LogP) is 1.05. The molecule has 0 bridgehead atoms. The first-order valence-corrected chi connectivity index (χ1v) is 4.90. The van der Waals surface area contributed by atoms with Gasteiger partial charge in [0.15, 0.2) is 0 Å². The molecule has 1 aliphatic heterocycles. The second-order valence-electron chi connectivity index (χ2n) is 3.42. The van der Waals surface area contributed by atoms with E-state index in [1.165, 1.54) is 5.01 Å². The molecule has 1 heterocycles. The van der Waals surface area contributed by atoms with E-state index in [-0.39, 0.29) is 11.9 Å². The molecule has 2 amide bonds. The van der Waals surface area contributed by atoms with E-state index < -0.39 is 6.09 Å². The van der Waals surface area contributed by atoms with Crippen molar-refractivity contribution in [3.05, 3.63) is 0 Å². The Morgan fingerprint density at radius 2 is 2.43 bits per heavy atom. The monoisotopic (exact) mass is 200 g/mol. The van der Waals surface area contributed by atoms with Crippen LogP contribution in [0.25, 0.3) is 0 Å². The third kappa shape index (κ3) is 2.61. The molecule has 0 saturated carbocycles. The number of hydrogen-bond donors (Lipinski definition) is 1. The highest BCUT2D eigenvalue weighted by molar-refractivity contribution is 5.84. The fourth-order valence-corrected chi connectivity index (χ4v) is 1.19. The molecule has 0 aromatic heterocycles. The van der Waals surface area contributed by atoms with Crippen LogP contribution in [0.1, 0.15) is 33.1 Å². The van der Waals surface area contributed by atoms with Gasteiger partial charge in [0.2, 0.25) is 5.91 Å². The van der Waals surface area contributed by atoms with Crippen molar-refractivity contribution in [3.8, 4) is 0 Å². The van der Waals surface area contributed by atoms with Gasteiger partial charge < -0.3 is 4.74 Å². The number of ether oxygens (including phenoxy) is 1. The molecule has 0 aliphatic carbocycles. The Hall–Kier alpha value is -1.26. The maximum atomic E-state index is 11.1. The lowest BCUT2D eigenvalue weighted by molar-refractivity contribution is -0.149. The summed E-state index contributed by atoms with van der Waals surface area (Å²) in [5, 5.41) is 1.30. The van der Waals surface area contributed by atoms with Crippen LogP contribution >= 0.6 is 0 Å². The van der Waals surface area contributed by atoms with Crippen molar-refractivity contribution in [1.82, 2.24) is 10.4 Å². The Bertz CT molecular complexity index is 230. The number of amides is 2. The molecular formula is C9H16N2O3. The maximum absolute atomic E-state index is 11.1. The number of rotatable bonds is 4. The molecule has 5 nitrogen and oxygen atoms in total. The van der Waals surface area contributed by atoms with Crippen LogP contribution in [0.5, 0.6) is 0 Å². The quantitative estimate of drug-likeness (QED) is 0.545. The number of hydrazine groups is 1. The first kappa shape index (κ1) is 10.8. The fourth-order valence-electron chi connectivity index (χ4n) is 1.19. The summed E-state index contributed by atoms with van der Waals surface area (Å²) in [5.74, 6) is -0.0649. The summed E-state index contributed by atoms with van der Waals surface area (Å²) < 4.78 is 4.84. The van der Waals surface area contributed by atoms with Gasteiger partial charge in [0.25, 0.3) is 0 Å². The predicted molar refractivity (Wildman–Crippen MR) is 50.3 cm³/mol. The fraction of sp³-hybridized carbons (Fsp3) is 0.778. The minimum absolute atomic E-state index is 0.0649. The molecule has 1 unspecified atom stereocenters. The van der Waals surface area contributed by atoms with Crippen LogP contribution in [-0.2, 0) is 9.53 Å². The van der Waals surface area contributed by atoms with E-state index in [0.717, 1.165) is 12.8 Å². The molecular weight excluding hydrogens is 184 g/mol. The third-order valence-corrected chi connectivity index (χ3v) is 2.12. The average molecular weight is 200 g/mol. The van der Waals surface area contributed by atoms with Crippen LogP contribution in [0.4, 0.5) is 4.79 Å². The zero-order valence-corrected chi connectivity index (χ0v) is 8.58. The van der Waals surface area contributed by atoms with Crippen LogP contribution in [0.3, 0.4) is 0 Å². The van der Waals surface area contributed by atoms with Crippen molar-refractivity contribution >= 4 is 12.0 Å². The van der Waals surface area contributed by atoms with Crippen molar-refractivity contribution < 1.29 is 14.3 Å². The molecule has 1 aliphatic rings. The molecule has 0 aromatic carbocycles. The third-order valence-electron chi connectivity index (χ3n) is 2.12. The van der Waals surface area contributed by atoms with Gasteiger partial charge >= 0.3 is 6.09 Å². The zero-order valence-electron chi connectivity index (χ0n) is 8.58. The van der Waals surface area contributed by atoms with Gasteiger partial charge in [0.05, 0.1) is 19.1 Å². The van der Waals surface area contributed by atoms with Crippen molar-refractivity contribution in [2.45, 2.75) is 39.2 Å². The van der Waals surface area contributed by atoms with Crippen molar-refractivity contribution in [3.63, 3.8) is 0 Å². The van der Waals surface area contributed by atoms with Crippen LogP contribution in [0, 0.1) is 0 Å². The summed E-state index contributed by atoms with van der Waals surface area (Å²) in [7, 11) is 0. The molecule has 0 radical (unpaired) electrons. The minimum Gasteiger partial charge on any atom is -0.448 e. The Kier molecular flexibility index (Phi) is 3.73. The highest BCUT2D eigenvalue weighted by Gasteiger charge is 2.34. The van der Waals surface area contributed by atoms with Crippen LogP contribution in [0.15, 0.2) is 0 Å². The Morgan fingerprint density at radius 3 is 2.93 bits per heavy atom. The van der Waals surface area contributed by atoms with Gasteiger partial charge in [-0.25, -0.2) is 15.2 Å². The van der Waals surface area contributed by atoms with Crippen molar-refractivity contribution in [2.24, 2.45) is 0 Å². The molecule has 0 aromatic rings. The van der Waals surface area contributed by atoms with E-state index in [0.29, 0.717) is 13.0 Å². The average Bonchev–Trinajstić information content (AvgIpc) is 2.15. The number of carbonyl (C=O) groups excluding carboxylic acids is 2. The number of unbranched alkanes of at least 4 members (excludes halogenated alkanes) is 1. The van der Waals surface area contributed by atoms with E-state index in [1.54, 1.807) is 0 Å². The second-order valence-corrected chi connectivity index (χ2v) is 3.42. The molecule has 1 rings (SSSR count). The highest BCUT2D eigenvalue weighted by Crippen LogP contribution is 2.14. The Balaban J connectivity index is 2.17. The molecule has 1 atom stereocenters. The summed E-state index contributed by atoms with van der Waals surface area (Å²) in [5.41, 5.74) is 2.40. The highest BCUT2D eigenvalue weighted by atomic mass is 16.6. The minimum atomic E-state index is -0.543. The van der Waals surface area contributed by atoms with Gasteiger partial charge in [-0.1, -0.05) is 13.3 Å². The van der Waals surface area contributed by atoms with Gasteiger partial charge in [0, 0.05) is 0 Å². The number of carbonyl (C=O) groups is 2. The SMILES string of the molecule is CCCCOC(=O)NN1C(=O)CC1C. The molecule has 1 N–H and O–H groups in total. The lowest BCUT2D eigenvalue weighted by Crippen LogP contribution is -2.59. The number of nitrogens with one attached hydrogen (secondary N) is 1. The van der Waals surface area contributed by atoms with Crippen molar-refractivity contribution in [1.29, 1.82) is 0 Å². The summed E-state index contributed by atoms with van der Waals surface area (Å²) in [6.45, 7) is 4.29. The second kappa shape index (κ2) is 4.83. The lowest BCUT2D eigenvalue weighted by atomic mass is 10.1. The van der Waals surface area contributed by atoms with Crippen LogP contribution in [0.2, 0.25) is 0 Å². The number of hydrogen-bond acceptors (Lipinski definition) is 3. The van der Waals surface area contributed by atoms with E-state index in [1.807, 2.05) is 13.8 Å². The van der Waals surface area contributed by atoms with Gasteiger partial charge in [0.1, 0.15) is 0 Å². The number of β-lactam (4-membered cyclic amide) rings is 1. The van der Waals surface area contributed by atoms with Gasteiger partial charge in [-0.3, -0.25) is 4.79 Å².